The predicted molar refractivity (Wildman–Crippen MR) is 148 cm³/mol. The topological polar surface area (TPSA) is 112 Å². The number of hydrogen-bond acceptors (Lipinski definition) is 8. The minimum atomic E-state index is -4.41. The molecular weight excluding hydrogens is 506 g/mol. The Morgan fingerprint density at radius 2 is 1.50 bits per heavy atom. The van der Waals surface area contributed by atoms with Gasteiger partial charge in [0.2, 0.25) is 10.4 Å². The molecule has 0 aliphatic rings. The van der Waals surface area contributed by atoms with Crippen molar-refractivity contribution in [3.8, 4) is 5.75 Å². The van der Waals surface area contributed by atoms with Crippen LogP contribution in [-0.4, -0.2) is 45.9 Å². The molecule has 1 heterocycles. The Kier molecular flexibility index (Phi) is 9.35. The summed E-state index contributed by atoms with van der Waals surface area (Å²) in [4.78, 5) is 2.10. The fourth-order valence-corrected chi connectivity index (χ4v) is 3.64. The minimum Gasteiger partial charge on any atom is -0.726 e. The van der Waals surface area contributed by atoms with Crippen molar-refractivity contribution in [1.29, 1.82) is 0 Å². The highest BCUT2D eigenvalue weighted by Crippen LogP contribution is 2.25. The number of hydrogen-bond donors (Lipinski definition) is 0. The quantitative estimate of drug-likeness (QED) is 0.145. The van der Waals surface area contributed by atoms with E-state index < -0.39 is 10.4 Å². The molecule has 11 heteroatoms. The van der Waals surface area contributed by atoms with Gasteiger partial charge in [0.1, 0.15) is 5.75 Å². The smallest absolute Gasteiger partial charge is 0.281 e. The first-order chi connectivity index (χ1) is 18.0. The monoisotopic (exact) mass is 537 g/mol. The van der Waals surface area contributed by atoms with Gasteiger partial charge in [0.05, 0.1) is 39.7 Å². The normalized spacial score (nSPS) is 11.7. The molecule has 0 fully saturated rings. The number of rotatable bonds is 7. The zero-order valence-electron chi connectivity index (χ0n) is 22.2. The van der Waals surface area contributed by atoms with Crippen LogP contribution in [0.15, 0.2) is 77.0 Å². The highest BCUT2D eigenvalue weighted by molar-refractivity contribution is 7.80. The molecule has 3 aromatic carbocycles. The van der Waals surface area contributed by atoms with Crippen molar-refractivity contribution in [2.45, 2.75) is 0 Å². The van der Waals surface area contributed by atoms with E-state index in [4.69, 9.17) is 4.74 Å². The molecule has 1 aromatic heterocycles. The van der Waals surface area contributed by atoms with Gasteiger partial charge in [-0.25, -0.2) is 17.6 Å². The molecule has 4 aromatic rings. The van der Waals surface area contributed by atoms with Crippen LogP contribution in [-0.2, 0) is 28.7 Å². The van der Waals surface area contributed by atoms with Crippen molar-refractivity contribution >= 4 is 50.6 Å². The molecule has 0 saturated carbocycles. The maximum absolute atomic E-state index is 9.22. The molecule has 10 nitrogen and oxygen atoms in total. The highest BCUT2D eigenvalue weighted by Gasteiger charge is 2.18. The van der Waals surface area contributed by atoms with Gasteiger partial charge in [-0.1, -0.05) is 12.1 Å². The van der Waals surface area contributed by atoms with Crippen LogP contribution in [0.5, 0.6) is 5.75 Å². The second-order valence-corrected chi connectivity index (χ2v) is 9.59. The number of imidazole rings is 1. The summed E-state index contributed by atoms with van der Waals surface area (Å²) in [5, 5.41) is 8.77. The zero-order chi connectivity index (χ0) is 27.9. The summed E-state index contributed by atoms with van der Waals surface area (Å²) in [6, 6.07) is 22.2. The van der Waals surface area contributed by atoms with Gasteiger partial charge in [0.15, 0.2) is 11.0 Å². The number of ether oxygens (including phenoxy) is 1. The second-order valence-electron chi connectivity index (χ2n) is 8.44. The molecule has 0 spiro atoms. The van der Waals surface area contributed by atoms with E-state index in [0.29, 0.717) is 0 Å². The van der Waals surface area contributed by atoms with E-state index in [1.807, 2.05) is 44.4 Å². The summed E-state index contributed by atoms with van der Waals surface area (Å²) < 4.78 is 40.6. The maximum Gasteiger partial charge on any atom is 0.281 e. The van der Waals surface area contributed by atoms with E-state index in [9.17, 15) is 13.0 Å². The van der Waals surface area contributed by atoms with Gasteiger partial charge in [-0.2, -0.15) is 10.2 Å². The summed E-state index contributed by atoms with van der Waals surface area (Å²) in [5.74, 6) is 1.90. The van der Waals surface area contributed by atoms with Crippen molar-refractivity contribution in [3.63, 3.8) is 0 Å². The zero-order valence-corrected chi connectivity index (χ0v) is 23.0. The Bertz CT molecular complexity index is 1540. The first kappa shape index (κ1) is 28.5. The Morgan fingerprint density at radius 3 is 2.05 bits per heavy atom. The molecule has 0 atom stereocenters. The summed E-state index contributed by atoms with van der Waals surface area (Å²) in [6.45, 7) is 0. The van der Waals surface area contributed by atoms with Crippen molar-refractivity contribution in [1.82, 2.24) is 4.57 Å². The average molecular weight is 538 g/mol. The fourth-order valence-electron chi connectivity index (χ4n) is 3.64. The standard InChI is InChI=1S/C26H28N5O.CH4O4S/c1-29(2)22-12-6-19(7-13-22)8-17-26-30(3)24-16-11-21(18-25(24)31(26)4)28-27-20-9-14-23(32-5)15-10-20;1-5-6(2,3)4/h6-18H,1-5H3;1H3,(H,2,3,4)/q+1;/p-1. The van der Waals surface area contributed by atoms with Crippen LogP contribution in [0.1, 0.15) is 11.4 Å². The lowest BCUT2D eigenvalue weighted by Gasteiger charge is -2.11. The van der Waals surface area contributed by atoms with Crippen molar-refractivity contribution in [2.24, 2.45) is 24.3 Å². The van der Waals surface area contributed by atoms with Gasteiger partial charge in [-0.3, -0.25) is 4.18 Å². The molecule has 200 valence electrons. The first-order valence-corrected chi connectivity index (χ1v) is 12.9. The van der Waals surface area contributed by atoms with Crippen LogP contribution >= 0.6 is 0 Å². The third-order valence-electron chi connectivity index (χ3n) is 5.76. The summed E-state index contributed by atoms with van der Waals surface area (Å²) in [7, 11) is 6.29. The van der Waals surface area contributed by atoms with E-state index in [0.717, 1.165) is 46.7 Å². The van der Waals surface area contributed by atoms with Crippen LogP contribution in [0.3, 0.4) is 0 Å². The maximum atomic E-state index is 9.22. The Labute approximate surface area is 223 Å². The Balaban J connectivity index is 0.000000599. The lowest BCUT2D eigenvalue weighted by Crippen LogP contribution is -2.30. The van der Waals surface area contributed by atoms with Crippen molar-refractivity contribution in [3.05, 3.63) is 78.1 Å². The molecule has 0 aliphatic heterocycles. The minimum absolute atomic E-state index is 0.784. The van der Waals surface area contributed by atoms with E-state index in [1.165, 1.54) is 5.69 Å². The third kappa shape index (κ3) is 7.48. The fraction of sp³-hybridized carbons (Fsp3) is 0.222. The number of benzene rings is 3. The van der Waals surface area contributed by atoms with E-state index in [1.54, 1.807) is 7.11 Å². The largest absolute Gasteiger partial charge is 0.726 e. The van der Waals surface area contributed by atoms with Gasteiger partial charge in [0, 0.05) is 31.9 Å². The predicted octanol–water partition coefficient (Wildman–Crippen LogP) is 4.76. The number of fused-ring (bicyclic) bond motifs is 1. The van der Waals surface area contributed by atoms with Crippen LogP contribution < -0.4 is 14.2 Å². The average Bonchev–Trinajstić information content (AvgIpc) is 3.15. The number of nitrogens with zero attached hydrogens (tertiary/aromatic N) is 5. The summed E-state index contributed by atoms with van der Waals surface area (Å²) >= 11 is 0. The van der Waals surface area contributed by atoms with E-state index >= 15 is 0 Å². The Morgan fingerprint density at radius 1 is 0.921 bits per heavy atom. The second kappa shape index (κ2) is 12.5. The number of anilines is 1. The first-order valence-electron chi connectivity index (χ1n) is 11.5. The van der Waals surface area contributed by atoms with Crippen molar-refractivity contribution in [2.75, 3.05) is 33.2 Å². The van der Waals surface area contributed by atoms with Gasteiger partial charge < -0.3 is 14.2 Å². The van der Waals surface area contributed by atoms with Crippen LogP contribution in [0, 0.1) is 0 Å². The van der Waals surface area contributed by atoms with Gasteiger partial charge in [-0.05, 0) is 60.2 Å². The molecule has 0 radical (unpaired) electrons. The number of aromatic nitrogens is 2. The SMILES string of the molecule is COS(=O)(=O)[O-].COc1ccc(N=Nc2ccc3c(c2)n(C)c(/C=C/c2ccc(N(C)C)cc2)[n+]3C)cc1. The Hall–Kier alpha value is -4.06. The molecule has 4 rings (SSSR count). The van der Waals surface area contributed by atoms with Crippen molar-refractivity contribution < 1.29 is 26.5 Å². The molecule has 0 amide bonds. The van der Waals surface area contributed by atoms with Crippen LogP contribution in [0.2, 0.25) is 0 Å². The molecule has 0 bridgehead atoms. The lowest BCUT2D eigenvalue weighted by molar-refractivity contribution is -0.647. The third-order valence-corrected chi connectivity index (χ3v) is 6.17. The number of azo groups is 1. The van der Waals surface area contributed by atoms with Crippen LogP contribution in [0.4, 0.5) is 17.1 Å². The summed E-state index contributed by atoms with van der Waals surface area (Å²) in [6.07, 6.45) is 4.28. The van der Waals surface area contributed by atoms with Gasteiger partial charge >= 0.3 is 0 Å². The molecule has 0 aliphatic carbocycles. The van der Waals surface area contributed by atoms with Gasteiger partial charge in [-0.15, -0.1) is 0 Å². The molecule has 38 heavy (non-hydrogen) atoms. The van der Waals surface area contributed by atoms with E-state index in [2.05, 4.69) is 91.1 Å². The van der Waals surface area contributed by atoms with E-state index in [-0.39, 0.29) is 0 Å². The lowest BCUT2D eigenvalue weighted by atomic mass is 10.2. The number of methoxy groups -OCH3 is 1. The molecule has 0 N–H and O–H groups in total. The van der Waals surface area contributed by atoms with Gasteiger partial charge in [0.25, 0.3) is 5.82 Å². The summed E-state index contributed by atoms with van der Waals surface area (Å²) in [5.41, 5.74) is 6.18. The number of aryl methyl sites for hydroxylation is 2. The molecular formula is C27H31N5O5S. The van der Waals surface area contributed by atoms with Crippen LogP contribution in [0.25, 0.3) is 23.2 Å². The highest BCUT2D eigenvalue weighted by atomic mass is 32.3. The molecule has 0 unspecified atom stereocenters. The molecule has 0 saturated heterocycles.